The second-order valence-corrected chi connectivity index (χ2v) is 7.91. The molecule has 7 nitrogen and oxygen atoms in total. The van der Waals surface area contributed by atoms with Crippen molar-refractivity contribution >= 4 is 22.0 Å². The largest absolute Gasteiger partial charge is 0.327 e. The first-order valence-corrected chi connectivity index (χ1v) is 8.97. The highest BCUT2D eigenvalue weighted by molar-refractivity contribution is 7.89. The van der Waals surface area contributed by atoms with E-state index >= 15 is 0 Å². The van der Waals surface area contributed by atoms with Crippen LogP contribution in [-0.2, 0) is 14.8 Å². The minimum absolute atomic E-state index is 0.00498. The highest BCUT2D eigenvalue weighted by atomic mass is 32.2. The van der Waals surface area contributed by atoms with E-state index < -0.39 is 16.1 Å². The van der Waals surface area contributed by atoms with Gasteiger partial charge in [-0.05, 0) is 26.0 Å². The fourth-order valence-corrected chi connectivity index (χ4v) is 4.49. The summed E-state index contributed by atoms with van der Waals surface area (Å²) in [6.45, 7) is 3.97. The van der Waals surface area contributed by atoms with Gasteiger partial charge in [-0.1, -0.05) is 18.2 Å². The maximum Gasteiger partial charge on any atom is 0.327 e. The van der Waals surface area contributed by atoms with Crippen molar-refractivity contribution in [2.24, 2.45) is 0 Å². The lowest BCUT2D eigenvalue weighted by Gasteiger charge is -2.34. The Morgan fingerprint density at radius 1 is 1.09 bits per heavy atom. The normalized spacial score (nSPS) is 22.8. The predicted molar refractivity (Wildman–Crippen MR) is 83.1 cm³/mol. The summed E-state index contributed by atoms with van der Waals surface area (Å²) in [7, 11) is -3.65. The molecule has 8 heteroatoms. The molecule has 23 heavy (non-hydrogen) atoms. The van der Waals surface area contributed by atoms with E-state index in [1.54, 1.807) is 32.0 Å². The molecule has 2 heterocycles. The monoisotopic (exact) mass is 337 g/mol. The van der Waals surface area contributed by atoms with Crippen LogP contribution >= 0.6 is 0 Å². The highest BCUT2D eigenvalue weighted by Crippen LogP contribution is 2.26. The molecule has 0 bridgehead atoms. The number of amides is 3. The van der Waals surface area contributed by atoms with Crippen LogP contribution in [0.25, 0.3) is 0 Å². The van der Waals surface area contributed by atoms with Gasteiger partial charge >= 0.3 is 6.03 Å². The number of hydrogen-bond acceptors (Lipinski definition) is 4. The molecule has 0 spiro atoms. The smallest absolute Gasteiger partial charge is 0.310 e. The summed E-state index contributed by atoms with van der Waals surface area (Å²) in [6.07, 6.45) is 0. The van der Waals surface area contributed by atoms with Gasteiger partial charge in [-0.2, -0.15) is 4.31 Å². The molecule has 2 saturated heterocycles. The van der Waals surface area contributed by atoms with E-state index in [1.165, 1.54) is 26.2 Å². The Morgan fingerprint density at radius 3 is 2.35 bits per heavy atom. The van der Waals surface area contributed by atoms with Crippen molar-refractivity contribution in [2.45, 2.75) is 30.8 Å². The van der Waals surface area contributed by atoms with E-state index in [-0.39, 0.29) is 42.5 Å². The van der Waals surface area contributed by atoms with Gasteiger partial charge in [0.25, 0.3) is 5.91 Å². The first-order chi connectivity index (χ1) is 10.8. The second kappa shape index (κ2) is 5.61. The van der Waals surface area contributed by atoms with E-state index in [9.17, 15) is 18.0 Å². The van der Waals surface area contributed by atoms with Gasteiger partial charge in [0.2, 0.25) is 10.0 Å². The number of benzene rings is 1. The molecular formula is C15H19N3O4S. The zero-order valence-corrected chi connectivity index (χ0v) is 13.9. The van der Waals surface area contributed by atoms with E-state index in [4.69, 9.17) is 0 Å². The van der Waals surface area contributed by atoms with Crippen molar-refractivity contribution in [1.29, 1.82) is 0 Å². The maximum atomic E-state index is 12.7. The molecule has 0 saturated carbocycles. The van der Waals surface area contributed by atoms with E-state index in [1.807, 2.05) is 0 Å². The minimum Gasteiger partial charge on any atom is -0.310 e. The van der Waals surface area contributed by atoms with Crippen molar-refractivity contribution < 1.29 is 18.0 Å². The Morgan fingerprint density at radius 2 is 1.74 bits per heavy atom. The molecule has 3 amide bonds. The van der Waals surface area contributed by atoms with Gasteiger partial charge in [0, 0.05) is 25.7 Å². The Kier molecular flexibility index (Phi) is 3.89. The first kappa shape index (κ1) is 15.9. The van der Waals surface area contributed by atoms with Crippen molar-refractivity contribution in [3.63, 3.8) is 0 Å². The molecule has 1 aromatic carbocycles. The molecule has 2 aliphatic rings. The Labute approximate surface area is 135 Å². The molecule has 0 radical (unpaired) electrons. The molecule has 124 valence electrons. The van der Waals surface area contributed by atoms with E-state index in [0.717, 1.165) is 0 Å². The number of sulfonamides is 1. The number of urea groups is 1. The van der Waals surface area contributed by atoms with Gasteiger partial charge in [0.1, 0.15) is 6.04 Å². The molecule has 1 aromatic rings. The number of carbonyl (C=O) groups excluding carboxylic acids is 2. The fraction of sp³-hybridized carbons (Fsp3) is 0.467. The number of rotatable bonds is 3. The summed E-state index contributed by atoms with van der Waals surface area (Å²) in [5.41, 5.74) is 0. The van der Waals surface area contributed by atoms with Crippen molar-refractivity contribution in [2.75, 3.05) is 19.6 Å². The lowest BCUT2D eigenvalue weighted by atomic mass is 10.2. The molecule has 3 rings (SSSR count). The van der Waals surface area contributed by atoms with Crippen molar-refractivity contribution in [3.8, 4) is 0 Å². The molecule has 0 aromatic heterocycles. The topological polar surface area (TPSA) is 78.0 Å². The van der Waals surface area contributed by atoms with Gasteiger partial charge in [0.15, 0.2) is 0 Å². The summed E-state index contributed by atoms with van der Waals surface area (Å²) in [4.78, 5) is 27.6. The standard InChI is InChI=1S/C15H19N3O4S/c1-11(2)18-14(19)13-10-16(8-9-17(13)15(18)20)23(21,22)12-6-4-3-5-7-12/h3-7,11,13H,8-10H2,1-2H3/t13-/m0/s1. The van der Waals surface area contributed by atoms with Crippen LogP contribution in [-0.4, -0.2) is 66.2 Å². The van der Waals surface area contributed by atoms with Crippen LogP contribution in [0.15, 0.2) is 35.2 Å². The lowest BCUT2D eigenvalue weighted by Crippen LogP contribution is -2.54. The number of fused-ring (bicyclic) bond motifs is 1. The summed E-state index contributed by atoms with van der Waals surface area (Å²) in [6, 6.07) is 6.84. The third kappa shape index (κ3) is 2.51. The zero-order chi connectivity index (χ0) is 16.8. The Hall–Kier alpha value is -1.93. The van der Waals surface area contributed by atoms with Crippen LogP contribution in [0.4, 0.5) is 4.79 Å². The fourth-order valence-electron chi connectivity index (χ4n) is 3.03. The molecule has 2 fully saturated rings. The summed E-state index contributed by atoms with van der Waals surface area (Å²) >= 11 is 0. The van der Waals surface area contributed by atoms with Crippen molar-refractivity contribution in [3.05, 3.63) is 30.3 Å². The molecule has 0 N–H and O–H groups in total. The average Bonchev–Trinajstić information content (AvgIpc) is 2.79. The molecule has 0 aliphatic carbocycles. The zero-order valence-electron chi connectivity index (χ0n) is 13.0. The Bertz CT molecular complexity index is 732. The number of imide groups is 1. The summed E-state index contributed by atoms with van der Waals surface area (Å²) in [5.74, 6) is -0.321. The van der Waals surface area contributed by atoms with Crippen LogP contribution in [0.2, 0.25) is 0 Å². The number of hydrogen-bond donors (Lipinski definition) is 0. The molecule has 1 atom stereocenters. The number of nitrogens with zero attached hydrogens (tertiary/aromatic N) is 3. The SMILES string of the molecule is CC(C)N1C(=O)[C@@H]2CN(S(=O)(=O)c3ccccc3)CCN2C1=O. The number of piperazine rings is 1. The Balaban J connectivity index is 1.86. The van der Waals surface area contributed by atoms with Crippen molar-refractivity contribution in [1.82, 2.24) is 14.1 Å². The minimum atomic E-state index is -3.65. The summed E-state index contributed by atoms with van der Waals surface area (Å²) < 4.78 is 26.6. The summed E-state index contributed by atoms with van der Waals surface area (Å²) in [5, 5.41) is 0. The first-order valence-electron chi connectivity index (χ1n) is 7.53. The molecule has 0 unspecified atom stereocenters. The third-order valence-electron chi connectivity index (χ3n) is 4.21. The highest BCUT2D eigenvalue weighted by Gasteiger charge is 2.50. The van der Waals surface area contributed by atoms with Gasteiger partial charge < -0.3 is 4.90 Å². The molecule has 2 aliphatic heterocycles. The molecular weight excluding hydrogens is 318 g/mol. The third-order valence-corrected chi connectivity index (χ3v) is 6.09. The van der Waals surface area contributed by atoms with E-state index in [2.05, 4.69) is 0 Å². The average molecular weight is 337 g/mol. The van der Waals surface area contributed by atoms with Crippen LogP contribution in [0.3, 0.4) is 0 Å². The predicted octanol–water partition coefficient (Wildman–Crippen LogP) is 0.732. The van der Waals surface area contributed by atoms with Gasteiger partial charge in [-0.25, -0.2) is 13.2 Å². The quantitative estimate of drug-likeness (QED) is 0.762. The van der Waals surface area contributed by atoms with E-state index in [0.29, 0.717) is 0 Å². The number of carbonyl (C=O) groups is 2. The van der Waals surface area contributed by atoms with Crippen LogP contribution in [0.1, 0.15) is 13.8 Å². The van der Waals surface area contributed by atoms with Crippen LogP contribution < -0.4 is 0 Å². The van der Waals surface area contributed by atoms with Crippen LogP contribution in [0.5, 0.6) is 0 Å². The van der Waals surface area contributed by atoms with Gasteiger partial charge in [-0.15, -0.1) is 0 Å². The second-order valence-electron chi connectivity index (χ2n) is 5.97. The van der Waals surface area contributed by atoms with Gasteiger partial charge in [0.05, 0.1) is 4.90 Å². The maximum absolute atomic E-state index is 12.7. The van der Waals surface area contributed by atoms with Gasteiger partial charge in [-0.3, -0.25) is 9.69 Å². The van der Waals surface area contributed by atoms with Crippen LogP contribution in [0, 0.1) is 0 Å². The lowest BCUT2D eigenvalue weighted by molar-refractivity contribution is -0.130.